The molecule has 10 nitrogen and oxygen atoms in total. The third-order valence-corrected chi connectivity index (χ3v) is 3.94. The van der Waals surface area contributed by atoms with Gasteiger partial charge < -0.3 is 25.6 Å². The molecular weight excluding hydrogens is 378 g/mol. The summed E-state index contributed by atoms with van der Waals surface area (Å²) in [5.74, 6) is -2.35. The molecule has 0 aliphatic rings. The van der Waals surface area contributed by atoms with Gasteiger partial charge in [0.1, 0.15) is 11.8 Å². The molecule has 0 fully saturated rings. The zero-order chi connectivity index (χ0) is 20.8. The number of furan rings is 2. The van der Waals surface area contributed by atoms with Crippen LogP contribution in [-0.4, -0.2) is 34.3 Å². The summed E-state index contributed by atoms with van der Waals surface area (Å²) in [5.41, 5.74) is 11.0. The van der Waals surface area contributed by atoms with E-state index in [1.54, 1.807) is 24.3 Å². The first-order valence-corrected chi connectivity index (χ1v) is 8.45. The van der Waals surface area contributed by atoms with E-state index >= 15 is 0 Å². The number of fused-ring (bicyclic) bond motifs is 1. The Labute approximate surface area is 164 Å². The average Bonchev–Trinajstić information content (AvgIpc) is 3.32. The number of nitrogens with zero attached hydrogens (tertiary/aromatic N) is 2. The van der Waals surface area contributed by atoms with Crippen LogP contribution in [0.3, 0.4) is 0 Å². The number of nitrogens with two attached hydrogens (primary N) is 2. The molecule has 0 spiro atoms. The van der Waals surface area contributed by atoms with Crippen LogP contribution in [0.4, 0.5) is 5.82 Å². The zero-order valence-corrected chi connectivity index (χ0v) is 15.1. The molecule has 0 aliphatic heterocycles. The van der Waals surface area contributed by atoms with Gasteiger partial charge in [0.2, 0.25) is 5.78 Å². The summed E-state index contributed by atoms with van der Waals surface area (Å²) in [4.78, 5) is 44.5. The highest BCUT2D eigenvalue weighted by atomic mass is 16.5. The van der Waals surface area contributed by atoms with E-state index in [0.29, 0.717) is 10.9 Å². The van der Waals surface area contributed by atoms with Crippen LogP contribution in [0.25, 0.3) is 11.2 Å². The van der Waals surface area contributed by atoms with Crippen LogP contribution in [0.15, 0.2) is 69.1 Å². The van der Waals surface area contributed by atoms with Crippen LogP contribution in [-0.2, 0) is 20.8 Å². The van der Waals surface area contributed by atoms with Crippen molar-refractivity contribution in [2.45, 2.75) is 12.5 Å². The number of nitrogens with one attached hydrogen (secondary N) is 1. The van der Waals surface area contributed by atoms with E-state index in [0.717, 1.165) is 6.20 Å². The SMILES string of the molecule is N/C=C\C(=N\c1ccccn1)C(=O)NC(Cc1coc2occc12)C(=O)C(N)=O. The number of pyridine rings is 1. The topological polar surface area (TPSA) is 167 Å². The molecule has 0 saturated carbocycles. The normalized spacial score (nSPS) is 12.9. The summed E-state index contributed by atoms with van der Waals surface area (Å²) in [6.07, 6.45) is 6.65. The van der Waals surface area contributed by atoms with Crippen molar-refractivity contribution in [2.24, 2.45) is 16.5 Å². The van der Waals surface area contributed by atoms with E-state index in [4.69, 9.17) is 20.3 Å². The number of primary amides is 1. The Hall–Kier alpha value is -4.21. The lowest BCUT2D eigenvalue weighted by Gasteiger charge is -2.15. The molecule has 0 radical (unpaired) electrons. The molecule has 1 unspecified atom stereocenters. The molecule has 1 atom stereocenters. The number of rotatable bonds is 8. The highest BCUT2D eigenvalue weighted by Gasteiger charge is 2.28. The molecule has 5 N–H and O–H groups in total. The van der Waals surface area contributed by atoms with E-state index in [-0.39, 0.29) is 23.7 Å². The Bertz CT molecular complexity index is 1100. The number of Topliss-reactive ketones (excluding diaryl/α,β-unsaturated/α-hetero) is 1. The number of carbonyl (C=O) groups excluding carboxylic acids is 3. The second-order valence-corrected chi connectivity index (χ2v) is 5.89. The number of hydrogen-bond acceptors (Lipinski definition) is 8. The fourth-order valence-corrected chi connectivity index (χ4v) is 2.60. The number of ketones is 1. The minimum absolute atomic E-state index is 0.0384. The molecule has 3 heterocycles. The number of hydrogen-bond donors (Lipinski definition) is 3. The minimum atomic E-state index is -1.24. The summed E-state index contributed by atoms with van der Waals surface area (Å²) in [5, 5.41) is 3.09. The molecule has 0 bridgehead atoms. The molecular formula is C19H17N5O5. The predicted octanol–water partition coefficient (Wildman–Crippen LogP) is 0.748. The van der Waals surface area contributed by atoms with Crippen molar-refractivity contribution < 1.29 is 23.2 Å². The van der Waals surface area contributed by atoms with E-state index in [1.807, 2.05) is 0 Å². The largest absolute Gasteiger partial charge is 0.433 e. The van der Waals surface area contributed by atoms with Crippen molar-refractivity contribution in [1.82, 2.24) is 10.3 Å². The number of amides is 2. The number of carbonyl (C=O) groups is 3. The van der Waals surface area contributed by atoms with Crippen LogP contribution in [0.1, 0.15) is 5.56 Å². The van der Waals surface area contributed by atoms with Gasteiger partial charge in [-0.1, -0.05) is 6.07 Å². The lowest BCUT2D eigenvalue weighted by atomic mass is 10.0. The first-order chi connectivity index (χ1) is 14.0. The summed E-state index contributed by atoms with van der Waals surface area (Å²) in [6.45, 7) is 0. The fraction of sp³-hybridized carbons (Fsp3) is 0.105. The highest BCUT2D eigenvalue weighted by molar-refractivity contribution is 6.45. The second kappa shape index (κ2) is 8.65. The van der Waals surface area contributed by atoms with Crippen molar-refractivity contribution in [3.8, 4) is 0 Å². The van der Waals surface area contributed by atoms with Gasteiger partial charge in [-0.25, -0.2) is 9.98 Å². The van der Waals surface area contributed by atoms with Gasteiger partial charge in [0.05, 0.1) is 17.9 Å². The van der Waals surface area contributed by atoms with Crippen molar-refractivity contribution in [1.29, 1.82) is 0 Å². The Kier molecular flexibility index (Phi) is 5.83. The lowest BCUT2D eigenvalue weighted by Crippen LogP contribution is -2.49. The van der Waals surface area contributed by atoms with Crippen molar-refractivity contribution >= 4 is 40.3 Å². The third-order valence-electron chi connectivity index (χ3n) is 3.94. The van der Waals surface area contributed by atoms with E-state index in [2.05, 4.69) is 15.3 Å². The van der Waals surface area contributed by atoms with Gasteiger partial charge >= 0.3 is 0 Å². The van der Waals surface area contributed by atoms with Gasteiger partial charge in [-0.3, -0.25) is 14.4 Å². The molecule has 10 heteroatoms. The van der Waals surface area contributed by atoms with Gasteiger partial charge in [0.15, 0.2) is 5.82 Å². The summed E-state index contributed by atoms with van der Waals surface area (Å²) < 4.78 is 10.4. The Morgan fingerprint density at radius 2 is 2.07 bits per heavy atom. The molecule has 0 saturated heterocycles. The van der Waals surface area contributed by atoms with Crippen LogP contribution < -0.4 is 16.8 Å². The van der Waals surface area contributed by atoms with Crippen molar-refractivity contribution in [3.63, 3.8) is 0 Å². The van der Waals surface area contributed by atoms with Crippen LogP contribution in [0.2, 0.25) is 0 Å². The maximum Gasteiger partial charge on any atom is 0.297 e. The van der Waals surface area contributed by atoms with Gasteiger partial charge in [-0.15, -0.1) is 0 Å². The monoisotopic (exact) mass is 395 g/mol. The summed E-state index contributed by atoms with van der Waals surface area (Å²) in [7, 11) is 0. The smallest absolute Gasteiger partial charge is 0.297 e. The summed E-state index contributed by atoms with van der Waals surface area (Å²) in [6, 6.07) is 5.39. The highest BCUT2D eigenvalue weighted by Crippen LogP contribution is 2.23. The first kappa shape index (κ1) is 19.5. The van der Waals surface area contributed by atoms with Crippen molar-refractivity contribution in [2.75, 3.05) is 0 Å². The van der Waals surface area contributed by atoms with E-state index < -0.39 is 23.6 Å². The number of aromatic nitrogens is 1. The van der Waals surface area contributed by atoms with E-state index in [9.17, 15) is 14.4 Å². The second-order valence-electron chi connectivity index (χ2n) is 5.89. The quantitative estimate of drug-likeness (QED) is 0.373. The molecule has 0 aliphatic carbocycles. The maximum atomic E-state index is 12.7. The third kappa shape index (κ3) is 4.56. The van der Waals surface area contributed by atoms with Gasteiger partial charge in [-0.05, 0) is 30.5 Å². The van der Waals surface area contributed by atoms with E-state index in [1.165, 1.54) is 24.8 Å². The molecule has 3 aromatic rings. The van der Waals surface area contributed by atoms with Gasteiger partial charge in [0.25, 0.3) is 17.6 Å². The number of aliphatic imine (C=N–C) groups is 1. The maximum absolute atomic E-state index is 12.7. The molecule has 29 heavy (non-hydrogen) atoms. The Balaban J connectivity index is 1.86. The Morgan fingerprint density at radius 1 is 1.24 bits per heavy atom. The molecule has 2 amide bonds. The van der Waals surface area contributed by atoms with Crippen LogP contribution >= 0.6 is 0 Å². The predicted molar refractivity (Wildman–Crippen MR) is 103 cm³/mol. The molecule has 3 rings (SSSR count). The zero-order valence-electron chi connectivity index (χ0n) is 15.1. The lowest BCUT2D eigenvalue weighted by molar-refractivity contribution is -0.137. The van der Waals surface area contributed by atoms with Gasteiger partial charge in [0, 0.05) is 18.2 Å². The average molecular weight is 395 g/mol. The molecule has 3 aromatic heterocycles. The first-order valence-electron chi connectivity index (χ1n) is 8.45. The Morgan fingerprint density at radius 3 is 2.76 bits per heavy atom. The van der Waals surface area contributed by atoms with Crippen molar-refractivity contribution in [3.05, 3.63) is 60.8 Å². The minimum Gasteiger partial charge on any atom is -0.433 e. The molecule has 148 valence electrons. The van der Waals surface area contributed by atoms with Gasteiger partial charge in [-0.2, -0.15) is 0 Å². The standard InChI is InChI=1S/C19H17N5O5/c20-6-4-13(23-15-3-1-2-7-22-15)18(27)24-14(16(25)17(21)26)9-11-10-29-19-12(11)5-8-28-19/h1-8,10,14H,9,20H2,(H2,21,26)(H,24,27)/b6-4-,23-13-. The van der Waals surface area contributed by atoms with Crippen LogP contribution in [0, 0.1) is 0 Å². The van der Waals surface area contributed by atoms with Crippen LogP contribution in [0.5, 0.6) is 0 Å². The molecule has 0 aromatic carbocycles. The fourth-order valence-electron chi connectivity index (χ4n) is 2.60. The summed E-state index contributed by atoms with van der Waals surface area (Å²) >= 11 is 0.